The van der Waals surface area contributed by atoms with Gasteiger partial charge in [0.15, 0.2) is 0 Å². The maximum absolute atomic E-state index is 11.9. The van der Waals surface area contributed by atoms with Crippen LogP contribution >= 0.6 is 0 Å². The molecule has 5 nitrogen and oxygen atoms in total. The van der Waals surface area contributed by atoms with Crippen LogP contribution in [0.5, 0.6) is 5.75 Å². The van der Waals surface area contributed by atoms with Crippen LogP contribution in [0.2, 0.25) is 0 Å². The number of amides is 1. The molecule has 1 aromatic rings. The first kappa shape index (κ1) is 18.0. The molecule has 1 rings (SSSR count). The molecule has 0 atom stereocenters. The maximum atomic E-state index is 11.9. The summed E-state index contributed by atoms with van der Waals surface area (Å²) >= 11 is 0. The lowest BCUT2D eigenvalue weighted by molar-refractivity contribution is -0.143. The van der Waals surface area contributed by atoms with Gasteiger partial charge in [0.1, 0.15) is 5.75 Å². The van der Waals surface area contributed by atoms with Crippen molar-refractivity contribution in [3.63, 3.8) is 0 Å². The van der Waals surface area contributed by atoms with Crippen LogP contribution in [-0.2, 0) is 9.53 Å². The highest BCUT2D eigenvalue weighted by molar-refractivity contribution is 5.94. The molecular weight excluding hydrogens is 282 g/mol. The van der Waals surface area contributed by atoms with Gasteiger partial charge in [-0.2, -0.15) is 0 Å². The number of methoxy groups -OCH3 is 1. The van der Waals surface area contributed by atoms with Crippen LogP contribution in [0.3, 0.4) is 0 Å². The molecule has 0 aromatic heterocycles. The van der Waals surface area contributed by atoms with E-state index in [0.29, 0.717) is 17.9 Å². The number of carbonyl (C=O) groups is 2. The monoisotopic (exact) mass is 307 g/mol. The molecule has 0 radical (unpaired) electrons. The summed E-state index contributed by atoms with van der Waals surface area (Å²) in [4.78, 5) is 23.3. The van der Waals surface area contributed by atoms with Gasteiger partial charge in [-0.05, 0) is 30.7 Å². The number of esters is 1. The summed E-state index contributed by atoms with van der Waals surface area (Å²) in [6, 6.07) is 6.80. The van der Waals surface area contributed by atoms with Crippen LogP contribution in [0.15, 0.2) is 24.3 Å². The summed E-state index contributed by atoms with van der Waals surface area (Å²) in [6.45, 7) is 2.88. The number of rotatable bonds is 10. The Morgan fingerprint density at radius 1 is 1.09 bits per heavy atom. The Balaban J connectivity index is 2.17. The van der Waals surface area contributed by atoms with E-state index in [9.17, 15) is 9.59 Å². The van der Waals surface area contributed by atoms with Crippen LogP contribution in [-0.4, -0.2) is 32.1 Å². The van der Waals surface area contributed by atoms with Gasteiger partial charge in [0.05, 0.1) is 20.1 Å². The topological polar surface area (TPSA) is 64.6 Å². The lowest BCUT2D eigenvalue weighted by Crippen LogP contribution is -2.26. The number of ether oxygens (including phenoxy) is 2. The molecule has 0 aliphatic carbocycles. The molecule has 5 heteroatoms. The van der Waals surface area contributed by atoms with Crippen molar-refractivity contribution in [3.8, 4) is 5.75 Å². The zero-order valence-electron chi connectivity index (χ0n) is 13.4. The van der Waals surface area contributed by atoms with Crippen molar-refractivity contribution in [1.82, 2.24) is 5.32 Å². The Bertz CT molecular complexity index is 456. The number of carbonyl (C=O) groups excluding carboxylic acids is 2. The molecule has 0 heterocycles. The largest absolute Gasteiger partial charge is 0.497 e. The van der Waals surface area contributed by atoms with Crippen LogP contribution < -0.4 is 10.1 Å². The minimum absolute atomic E-state index is 0.190. The molecule has 0 spiro atoms. The number of benzene rings is 1. The van der Waals surface area contributed by atoms with Crippen molar-refractivity contribution in [3.05, 3.63) is 29.8 Å². The lowest BCUT2D eigenvalue weighted by atomic mass is 10.2. The Morgan fingerprint density at radius 3 is 2.45 bits per heavy atom. The van der Waals surface area contributed by atoms with Crippen LogP contribution in [0.1, 0.15) is 49.4 Å². The molecule has 122 valence electrons. The Kier molecular flexibility index (Phi) is 8.72. The van der Waals surface area contributed by atoms with Crippen molar-refractivity contribution in [2.75, 3.05) is 20.3 Å². The van der Waals surface area contributed by atoms with Crippen molar-refractivity contribution >= 4 is 11.9 Å². The third-order valence-electron chi connectivity index (χ3n) is 3.23. The second kappa shape index (κ2) is 10.7. The van der Waals surface area contributed by atoms with E-state index in [1.807, 2.05) is 0 Å². The standard InChI is InChI=1S/C17H25NO4/c1-3-4-5-6-13-22-16(19)11-12-18-17(20)14-7-9-15(21-2)10-8-14/h7-10H,3-6,11-13H2,1-2H3,(H,18,20). The summed E-state index contributed by atoms with van der Waals surface area (Å²) in [7, 11) is 1.57. The van der Waals surface area contributed by atoms with E-state index in [1.165, 1.54) is 0 Å². The first-order valence-electron chi connectivity index (χ1n) is 7.75. The third-order valence-corrected chi connectivity index (χ3v) is 3.23. The summed E-state index contributed by atoms with van der Waals surface area (Å²) in [5, 5.41) is 2.70. The minimum atomic E-state index is -0.272. The van der Waals surface area contributed by atoms with E-state index in [1.54, 1.807) is 31.4 Å². The number of unbranched alkanes of at least 4 members (excludes halogenated alkanes) is 3. The average molecular weight is 307 g/mol. The molecule has 0 aliphatic rings. The SMILES string of the molecule is CCCCCCOC(=O)CCNC(=O)c1ccc(OC)cc1. The summed E-state index contributed by atoms with van der Waals surface area (Å²) in [5.74, 6) is 0.216. The molecule has 22 heavy (non-hydrogen) atoms. The molecule has 0 bridgehead atoms. The number of nitrogens with one attached hydrogen (secondary N) is 1. The first-order valence-corrected chi connectivity index (χ1v) is 7.75. The molecule has 0 aliphatic heterocycles. The van der Waals surface area contributed by atoms with E-state index in [2.05, 4.69) is 12.2 Å². The highest BCUT2D eigenvalue weighted by atomic mass is 16.5. The van der Waals surface area contributed by atoms with Crippen molar-refractivity contribution < 1.29 is 19.1 Å². The van der Waals surface area contributed by atoms with Gasteiger partial charge in [-0.3, -0.25) is 9.59 Å². The average Bonchev–Trinajstić information content (AvgIpc) is 2.54. The smallest absolute Gasteiger partial charge is 0.307 e. The normalized spacial score (nSPS) is 10.1. The molecule has 1 amide bonds. The Labute approximate surface area is 132 Å². The Morgan fingerprint density at radius 2 is 1.82 bits per heavy atom. The minimum Gasteiger partial charge on any atom is -0.497 e. The van der Waals surface area contributed by atoms with Crippen molar-refractivity contribution in [2.45, 2.75) is 39.0 Å². The molecular formula is C17H25NO4. The zero-order chi connectivity index (χ0) is 16.2. The second-order valence-corrected chi connectivity index (χ2v) is 5.02. The lowest BCUT2D eigenvalue weighted by Gasteiger charge is -2.07. The molecule has 0 fully saturated rings. The fourth-order valence-corrected chi connectivity index (χ4v) is 1.91. The van der Waals surface area contributed by atoms with Gasteiger partial charge in [-0.25, -0.2) is 0 Å². The number of hydrogen-bond acceptors (Lipinski definition) is 4. The molecule has 0 unspecified atom stereocenters. The van der Waals surface area contributed by atoms with Crippen LogP contribution in [0, 0.1) is 0 Å². The van der Waals surface area contributed by atoms with E-state index >= 15 is 0 Å². The van der Waals surface area contributed by atoms with Gasteiger partial charge in [0, 0.05) is 12.1 Å². The molecule has 1 aromatic carbocycles. The van der Waals surface area contributed by atoms with Crippen molar-refractivity contribution in [2.24, 2.45) is 0 Å². The van der Waals surface area contributed by atoms with Crippen molar-refractivity contribution in [1.29, 1.82) is 0 Å². The molecule has 1 N–H and O–H groups in total. The predicted molar refractivity (Wildman–Crippen MR) is 85.0 cm³/mol. The fraction of sp³-hybridized carbons (Fsp3) is 0.529. The predicted octanol–water partition coefficient (Wildman–Crippen LogP) is 2.94. The van der Waals surface area contributed by atoms with Gasteiger partial charge in [-0.1, -0.05) is 26.2 Å². The van der Waals surface area contributed by atoms with Gasteiger partial charge >= 0.3 is 5.97 Å². The quantitative estimate of drug-likeness (QED) is 0.533. The summed E-state index contributed by atoms with van der Waals surface area (Å²) in [5.41, 5.74) is 0.536. The molecule has 0 saturated heterocycles. The first-order chi connectivity index (χ1) is 10.7. The maximum Gasteiger partial charge on any atom is 0.307 e. The highest BCUT2D eigenvalue weighted by Crippen LogP contribution is 2.11. The summed E-state index contributed by atoms with van der Waals surface area (Å²) < 4.78 is 10.1. The van der Waals surface area contributed by atoms with Gasteiger partial charge < -0.3 is 14.8 Å². The van der Waals surface area contributed by atoms with Crippen LogP contribution in [0.25, 0.3) is 0 Å². The van der Waals surface area contributed by atoms with E-state index in [-0.39, 0.29) is 24.8 Å². The van der Waals surface area contributed by atoms with E-state index in [0.717, 1.165) is 25.7 Å². The highest BCUT2D eigenvalue weighted by Gasteiger charge is 2.07. The second-order valence-electron chi connectivity index (χ2n) is 5.02. The Hall–Kier alpha value is -2.04. The number of hydrogen-bond donors (Lipinski definition) is 1. The van der Waals surface area contributed by atoms with Crippen LogP contribution in [0.4, 0.5) is 0 Å². The third kappa shape index (κ3) is 7.11. The van der Waals surface area contributed by atoms with Gasteiger partial charge in [0.2, 0.25) is 0 Å². The van der Waals surface area contributed by atoms with Gasteiger partial charge in [-0.15, -0.1) is 0 Å². The zero-order valence-corrected chi connectivity index (χ0v) is 13.4. The molecule has 0 saturated carbocycles. The van der Waals surface area contributed by atoms with E-state index < -0.39 is 0 Å². The van der Waals surface area contributed by atoms with E-state index in [4.69, 9.17) is 9.47 Å². The fourth-order valence-electron chi connectivity index (χ4n) is 1.91. The van der Waals surface area contributed by atoms with Gasteiger partial charge in [0.25, 0.3) is 5.91 Å². The summed E-state index contributed by atoms with van der Waals surface area (Å²) in [6.07, 6.45) is 4.49.